The number of rotatable bonds is 6. The first kappa shape index (κ1) is 20.8. The number of benzene rings is 3. The average Bonchev–Trinajstić information content (AvgIpc) is 2.69. The Bertz CT molecular complexity index is 1130. The van der Waals surface area contributed by atoms with Crippen molar-refractivity contribution in [2.45, 2.75) is 11.4 Å². The lowest BCUT2D eigenvalue weighted by molar-refractivity contribution is 0.0784. The molecule has 1 amide bonds. The maximum atomic E-state index is 13.8. The molecule has 0 bridgehead atoms. The molecular weight excluding hydrogens is 415 g/mol. The minimum absolute atomic E-state index is 0.0512. The van der Waals surface area contributed by atoms with Gasteiger partial charge in [-0.3, -0.25) is 9.52 Å². The van der Waals surface area contributed by atoms with Crippen molar-refractivity contribution in [1.29, 1.82) is 0 Å². The lowest BCUT2D eigenvalue weighted by Gasteiger charge is -2.18. The Labute approximate surface area is 173 Å². The number of hydrogen-bond donors (Lipinski definition) is 1. The Kier molecular flexibility index (Phi) is 6.20. The predicted molar refractivity (Wildman–Crippen MR) is 111 cm³/mol. The van der Waals surface area contributed by atoms with Gasteiger partial charge in [0.25, 0.3) is 15.9 Å². The quantitative estimate of drug-likeness (QED) is 0.621. The molecule has 3 rings (SSSR count). The first-order chi connectivity index (χ1) is 13.8. The monoisotopic (exact) mass is 432 g/mol. The fourth-order valence-corrected chi connectivity index (χ4v) is 3.89. The highest BCUT2D eigenvalue weighted by atomic mass is 35.5. The van der Waals surface area contributed by atoms with E-state index in [0.29, 0.717) is 10.6 Å². The molecule has 150 valence electrons. The van der Waals surface area contributed by atoms with E-state index in [4.69, 9.17) is 11.6 Å². The number of nitrogens with one attached hydrogen (secondary N) is 1. The molecule has 3 aromatic carbocycles. The molecule has 0 aromatic heterocycles. The van der Waals surface area contributed by atoms with Gasteiger partial charge in [-0.15, -0.1) is 0 Å². The molecule has 1 N–H and O–H groups in total. The van der Waals surface area contributed by atoms with Crippen molar-refractivity contribution in [2.75, 3.05) is 11.8 Å². The highest BCUT2D eigenvalue weighted by molar-refractivity contribution is 7.92. The number of sulfonamides is 1. The Balaban J connectivity index is 1.77. The largest absolute Gasteiger partial charge is 0.337 e. The van der Waals surface area contributed by atoms with Crippen LogP contribution in [0.15, 0.2) is 77.7 Å². The van der Waals surface area contributed by atoms with Crippen LogP contribution in [0.5, 0.6) is 0 Å². The number of nitrogens with zero attached hydrogens (tertiary/aromatic N) is 1. The zero-order valence-corrected chi connectivity index (χ0v) is 17.0. The number of anilines is 1. The fourth-order valence-electron chi connectivity index (χ4n) is 2.72. The molecule has 5 nitrogen and oxygen atoms in total. The zero-order chi connectivity index (χ0) is 21.0. The molecule has 0 saturated carbocycles. The minimum Gasteiger partial charge on any atom is -0.337 e. The van der Waals surface area contributed by atoms with E-state index in [1.54, 1.807) is 43.4 Å². The maximum Gasteiger partial charge on any atom is 0.261 e. The Morgan fingerprint density at radius 1 is 1.03 bits per heavy atom. The summed E-state index contributed by atoms with van der Waals surface area (Å²) < 4.78 is 41.3. The summed E-state index contributed by atoms with van der Waals surface area (Å²) in [6.45, 7) is 0.0895. The second-order valence-electron chi connectivity index (χ2n) is 6.39. The fraction of sp³-hybridized carbons (Fsp3) is 0.0952. The summed E-state index contributed by atoms with van der Waals surface area (Å²) in [6.07, 6.45) is 0. The molecule has 3 aromatic rings. The van der Waals surface area contributed by atoms with E-state index < -0.39 is 15.8 Å². The lowest BCUT2D eigenvalue weighted by atomic mass is 10.1. The van der Waals surface area contributed by atoms with Crippen LogP contribution in [0.25, 0.3) is 0 Å². The molecule has 0 saturated heterocycles. The molecule has 8 heteroatoms. The molecule has 0 spiro atoms. The predicted octanol–water partition coefficient (Wildman–Crippen LogP) is 4.55. The van der Waals surface area contributed by atoms with E-state index in [9.17, 15) is 17.6 Å². The van der Waals surface area contributed by atoms with Gasteiger partial charge in [-0.25, -0.2) is 12.8 Å². The summed E-state index contributed by atoms with van der Waals surface area (Å²) in [5.74, 6) is -0.752. The molecular formula is C21H18ClFN2O3S. The molecule has 0 fully saturated rings. The smallest absolute Gasteiger partial charge is 0.261 e. The van der Waals surface area contributed by atoms with Gasteiger partial charge in [-0.1, -0.05) is 35.9 Å². The van der Waals surface area contributed by atoms with Gasteiger partial charge in [-0.05, 0) is 48.5 Å². The van der Waals surface area contributed by atoms with Gasteiger partial charge in [-0.2, -0.15) is 0 Å². The molecule has 0 aliphatic heterocycles. The van der Waals surface area contributed by atoms with Gasteiger partial charge in [0, 0.05) is 35.4 Å². The number of halogens is 2. The molecule has 0 aliphatic carbocycles. The lowest BCUT2D eigenvalue weighted by Crippen LogP contribution is -2.26. The third-order valence-electron chi connectivity index (χ3n) is 4.20. The van der Waals surface area contributed by atoms with Crippen molar-refractivity contribution in [3.8, 4) is 0 Å². The molecule has 0 radical (unpaired) electrons. The Hall–Kier alpha value is -2.90. The number of hydrogen-bond acceptors (Lipinski definition) is 3. The van der Waals surface area contributed by atoms with Crippen molar-refractivity contribution >= 4 is 33.2 Å². The summed E-state index contributed by atoms with van der Waals surface area (Å²) in [5, 5.41) is 0.425. The van der Waals surface area contributed by atoms with Crippen LogP contribution in [-0.2, 0) is 16.6 Å². The summed E-state index contributed by atoms with van der Waals surface area (Å²) in [4.78, 5) is 14.1. The molecule has 0 heterocycles. The van der Waals surface area contributed by atoms with Crippen LogP contribution in [0.4, 0.5) is 10.1 Å². The second-order valence-corrected chi connectivity index (χ2v) is 8.51. The van der Waals surface area contributed by atoms with Crippen molar-refractivity contribution < 1.29 is 17.6 Å². The van der Waals surface area contributed by atoms with Gasteiger partial charge in [0.15, 0.2) is 0 Å². The third kappa shape index (κ3) is 5.13. The number of amides is 1. The SMILES string of the molecule is CN(Cc1ccccc1F)C(=O)c1cccc(NS(=O)(=O)c2ccc(Cl)cc2)c1. The van der Waals surface area contributed by atoms with E-state index in [-0.39, 0.29) is 28.6 Å². The highest BCUT2D eigenvalue weighted by Gasteiger charge is 2.17. The zero-order valence-electron chi connectivity index (χ0n) is 15.5. The van der Waals surface area contributed by atoms with Crippen LogP contribution in [0.1, 0.15) is 15.9 Å². The topological polar surface area (TPSA) is 66.5 Å². The molecule has 0 atom stereocenters. The van der Waals surface area contributed by atoms with Crippen LogP contribution in [-0.4, -0.2) is 26.3 Å². The summed E-state index contributed by atoms with van der Waals surface area (Å²) in [5.41, 5.74) is 0.910. The Morgan fingerprint density at radius 3 is 2.41 bits per heavy atom. The highest BCUT2D eigenvalue weighted by Crippen LogP contribution is 2.20. The van der Waals surface area contributed by atoms with Crippen LogP contribution in [0.3, 0.4) is 0 Å². The van der Waals surface area contributed by atoms with Gasteiger partial charge in [0.2, 0.25) is 0 Å². The minimum atomic E-state index is -3.83. The first-order valence-electron chi connectivity index (χ1n) is 8.63. The van der Waals surface area contributed by atoms with Crippen LogP contribution >= 0.6 is 11.6 Å². The van der Waals surface area contributed by atoms with Crippen molar-refractivity contribution in [3.63, 3.8) is 0 Å². The van der Waals surface area contributed by atoms with Crippen molar-refractivity contribution in [2.24, 2.45) is 0 Å². The normalized spacial score (nSPS) is 11.1. The molecule has 29 heavy (non-hydrogen) atoms. The van der Waals surface area contributed by atoms with Gasteiger partial charge < -0.3 is 4.90 Å². The third-order valence-corrected chi connectivity index (χ3v) is 5.85. The molecule has 0 unspecified atom stereocenters. The summed E-state index contributed by atoms with van der Waals surface area (Å²) in [6, 6.07) is 18.1. The maximum absolute atomic E-state index is 13.8. The Morgan fingerprint density at radius 2 is 1.72 bits per heavy atom. The summed E-state index contributed by atoms with van der Waals surface area (Å²) >= 11 is 5.79. The standard InChI is InChI=1S/C21H18ClFN2O3S/c1-25(14-16-5-2-3-8-20(16)23)21(26)15-6-4-7-18(13-15)24-29(27,28)19-11-9-17(22)10-12-19/h2-13,24H,14H2,1H3. The van der Waals surface area contributed by atoms with Crippen LogP contribution < -0.4 is 4.72 Å². The van der Waals surface area contributed by atoms with Gasteiger partial charge in [0.1, 0.15) is 5.82 Å². The van der Waals surface area contributed by atoms with E-state index in [1.165, 1.54) is 41.3 Å². The van der Waals surface area contributed by atoms with Crippen molar-refractivity contribution in [1.82, 2.24) is 4.90 Å². The van der Waals surface area contributed by atoms with E-state index in [2.05, 4.69) is 4.72 Å². The van der Waals surface area contributed by atoms with Crippen LogP contribution in [0.2, 0.25) is 5.02 Å². The average molecular weight is 433 g/mol. The molecule has 0 aliphatic rings. The van der Waals surface area contributed by atoms with Crippen molar-refractivity contribution in [3.05, 3.63) is 94.8 Å². The van der Waals surface area contributed by atoms with Gasteiger partial charge >= 0.3 is 0 Å². The van der Waals surface area contributed by atoms with Gasteiger partial charge in [0.05, 0.1) is 4.90 Å². The first-order valence-corrected chi connectivity index (χ1v) is 10.5. The van der Waals surface area contributed by atoms with E-state index in [1.807, 2.05) is 0 Å². The summed E-state index contributed by atoms with van der Waals surface area (Å²) in [7, 11) is -2.28. The van der Waals surface area contributed by atoms with E-state index in [0.717, 1.165) is 0 Å². The second kappa shape index (κ2) is 8.63. The van der Waals surface area contributed by atoms with Crippen LogP contribution in [0, 0.1) is 5.82 Å². The number of carbonyl (C=O) groups is 1. The van der Waals surface area contributed by atoms with E-state index >= 15 is 0 Å². The number of carbonyl (C=O) groups excluding carboxylic acids is 1.